The fraction of sp³-hybridized carbons (Fsp3) is 0.222. The van der Waals surface area contributed by atoms with Gasteiger partial charge in [0, 0.05) is 0 Å². The summed E-state index contributed by atoms with van der Waals surface area (Å²) in [5.74, 6) is -0.702. The highest BCUT2D eigenvalue weighted by Gasteiger charge is 2.31. The smallest absolute Gasteiger partial charge is 0.416 e. The molecule has 0 spiro atoms. The maximum atomic E-state index is 12.5. The molecule has 5 nitrogen and oxygen atoms in total. The summed E-state index contributed by atoms with van der Waals surface area (Å²) in [5.41, 5.74) is 0.149. The molecule has 2 aromatic carbocycles. The van der Waals surface area contributed by atoms with Gasteiger partial charge in [-0.15, -0.1) is 0 Å². The summed E-state index contributed by atoms with van der Waals surface area (Å²) in [7, 11) is 0. The molecular weight excluding hydrogens is 351 g/mol. The van der Waals surface area contributed by atoms with Gasteiger partial charge in [-0.25, -0.2) is 0 Å². The van der Waals surface area contributed by atoms with Crippen LogP contribution in [0.1, 0.15) is 17.5 Å². The Morgan fingerprint density at radius 2 is 1.81 bits per heavy atom. The Morgan fingerprint density at radius 3 is 2.50 bits per heavy atom. The number of ether oxygens (including phenoxy) is 2. The van der Waals surface area contributed by atoms with Crippen LogP contribution in [0.3, 0.4) is 0 Å². The van der Waals surface area contributed by atoms with E-state index in [0.717, 1.165) is 12.1 Å². The Morgan fingerprint density at radius 1 is 1.12 bits per heavy atom. The van der Waals surface area contributed by atoms with Gasteiger partial charge in [0.05, 0.1) is 17.7 Å². The molecule has 1 N–H and O–H groups in total. The van der Waals surface area contributed by atoms with Crippen molar-refractivity contribution in [3.05, 3.63) is 59.7 Å². The minimum Gasteiger partial charge on any atom is -0.478 e. The molecule has 8 heteroatoms. The molecule has 136 valence electrons. The number of fused-ring (bicyclic) bond motifs is 1. The summed E-state index contributed by atoms with van der Waals surface area (Å²) >= 11 is 0. The van der Waals surface area contributed by atoms with E-state index in [1.807, 2.05) is 0 Å². The number of halogens is 3. The third-order valence-corrected chi connectivity index (χ3v) is 3.74. The Balaban J connectivity index is 1.54. The van der Waals surface area contributed by atoms with Crippen molar-refractivity contribution in [2.45, 2.75) is 25.3 Å². The van der Waals surface area contributed by atoms with Crippen molar-refractivity contribution in [2.24, 2.45) is 0 Å². The molecule has 26 heavy (non-hydrogen) atoms. The summed E-state index contributed by atoms with van der Waals surface area (Å²) in [5, 5.41) is 2.63. The number of benzene rings is 2. The molecule has 0 aliphatic carbocycles. The SMILES string of the molecule is O=C(CC1Oc2ccccc2NC1=O)OCc1ccc(C(F)(F)F)cc1. The summed E-state index contributed by atoms with van der Waals surface area (Å²) < 4.78 is 48.0. The van der Waals surface area contributed by atoms with Crippen molar-refractivity contribution < 1.29 is 32.2 Å². The maximum absolute atomic E-state index is 12.5. The van der Waals surface area contributed by atoms with E-state index < -0.39 is 29.7 Å². The standard InChI is InChI=1S/C18H14F3NO4/c19-18(20,21)12-7-5-11(6-8-12)10-25-16(23)9-15-17(24)22-13-3-1-2-4-14(13)26-15/h1-8,15H,9-10H2,(H,22,24). The molecule has 1 amide bonds. The van der Waals surface area contributed by atoms with Gasteiger partial charge in [-0.3, -0.25) is 9.59 Å². The van der Waals surface area contributed by atoms with Crippen LogP contribution in [0, 0.1) is 0 Å². The normalized spacial score (nSPS) is 16.3. The Labute approximate surface area is 146 Å². The fourth-order valence-electron chi connectivity index (χ4n) is 2.39. The predicted octanol–water partition coefficient (Wildman–Crippen LogP) is 3.54. The Bertz CT molecular complexity index is 818. The number of esters is 1. The molecule has 0 radical (unpaired) electrons. The van der Waals surface area contributed by atoms with E-state index in [1.54, 1.807) is 24.3 Å². The second kappa shape index (κ2) is 7.07. The zero-order valence-corrected chi connectivity index (χ0v) is 13.4. The topological polar surface area (TPSA) is 64.6 Å². The molecule has 2 aromatic rings. The highest BCUT2D eigenvalue weighted by Crippen LogP contribution is 2.30. The van der Waals surface area contributed by atoms with Crippen molar-refractivity contribution in [2.75, 3.05) is 5.32 Å². The van der Waals surface area contributed by atoms with Crippen molar-refractivity contribution in [3.8, 4) is 5.75 Å². The Kier molecular flexibility index (Phi) is 4.83. The monoisotopic (exact) mass is 365 g/mol. The number of hydrogen-bond acceptors (Lipinski definition) is 4. The first-order valence-electron chi connectivity index (χ1n) is 7.71. The molecular formula is C18H14F3NO4. The molecule has 1 aliphatic rings. The first-order chi connectivity index (χ1) is 12.3. The third-order valence-electron chi connectivity index (χ3n) is 3.74. The molecule has 3 rings (SSSR count). The summed E-state index contributed by atoms with van der Waals surface area (Å²) in [6, 6.07) is 11.1. The number of para-hydroxylation sites is 2. The molecule has 1 aliphatic heterocycles. The van der Waals surface area contributed by atoms with Crippen LogP contribution in [0.2, 0.25) is 0 Å². The number of amides is 1. The molecule has 1 unspecified atom stereocenters. The molecule has 0 saturated carbocycles. The summed E-state index contributed by atoms with van der Waals surface area (Å²) in [6.45, 7) is -0.193. The van der Waals surface area contributed by atoms with E-state index in [4.69, 9.17) is 9.47 Å². The van der Waals surface area contributed by atoms with Crippen LogP contribution in [0.5, 0.6) is 5.75 Å². The highest BCUT2D eigenvalue weighted by molar-refractivity contribution is 5.99. The average Bonchev–Trinajstić information content (AvgIpc) is 2.60. The van der Waals surface area contributed by atoms with E-state index in [1.165, 1.54) is 12.1 Å². The van der Waals surface area contributed by atoms with E-state index in [0.29, 0.717) is 17.0 Å². The zero-order valence-electron chi connectivity index (χ0n) is 13.4. The van der Waals surface area contributed by atoms with Gasteiger partial charge in [0.15, 0.2) is 6.10 Å². The van der Waals surface area contributed by atoms with Crippen molar-refractivity contribution in [1.29, 1.82) is 0 Å². The van der Waals surface area contributed by atoms with Gasteiger partial charge >= 0.3 is 12.1 Å². The van der Waals surface area contributed by atoms with Gasteiger partial charge < -0.3 is 14.8 Å². The van der Waals surface area contributed by atoms with Gasteiger partial charge in [0.1, 0.15) is 12.4 Å². The molecule has 0 bridgehead atoms. The second-order valence-corrected chi connectivity index (χ2v) is 5.65. The number of hydrogen-bond donors (Lipinski definition) is 1. The minimum atomic E-state index is -4.42. The van der Waals surface area contributed by atoms with Gasteiger partial charge in [0.2, 0.25) is 0 Å². The van der Waals surface area contributed by atoms with Gasteiger partial charge in [0.25, 0.3) is 5.91 Å². The van der Waals surface area contributed by atoms with Crippen LogP contribution in [0.25, 0.3) is 0 Å². The zero-order chi connectivity index (χ0) is 18.7. The quantitative estimate of drug-likeness (QED) is 0.842. The van der Waals surface area contributed by atoms with Crippen molar-refractivity contribution in [3.63, 3.8) is 0 Å². The van der Waals surface area contributed by atoms with Crippen LogP contribution < -0.4 is 10.1 Å². The molecule has 0 fully saturated rings. The number of anilines is 1. The second-order valence-electron chi connectivity index (χ2n) is 5.65. The first kappa shape index (κ1) is 17.8. The lowest BCUT2D eigenvalue weighted by Gasteiger charge is -2.25. The number of carbonyl (C=O) groups excluding carboxylic acids is 2. The molecule has 0 saturated heterocycles. The lowest BCUT2D eigenvalue weighted by molar-refractivity contribution is -0.149. The van der Waals surface area contributed by atoms with Crippen LogP contribution >= 0.6 is 0 Å². The van der Waals surface area contributed by atoms with E-state index in [2.05, 4.69) is 5.32 Å². The predicted molar refractivity (Wildman–Crippen MR) is 85.3 cm³/mol. The van der Waals surface area contributed by atoms with Crippen LogP contribution in [0.15, 0.2) is 48.5 Å². The lowest BCUT2D eigenvalue weighted by atomic mass is 10.1. The van der Waals surface area contributed by atoms with Crippen LogP contribution in [-0.2, 0) is 27.1 Å². The minimum absolute atomic E-state index is 0.193. The van der Waals surface area contributed by atoms with Crippen LogP contribution in [0.4, 0.5) is 18.9 Å². The lowest BCUT2D eigenvalue weighted by Crippen LogP contribution is -2.38. The summed E-state index contributed by atoms with van der Waals surface area (Å²) in [6.07, 6.45) is -5.75. The maximum Gasteiger partial charge on any atom is 0.416 e. The van der Waals surface area contributed by atoms with Crippen molar-refractivity contribution in [1.82, 2.24) is 0 Å². The molecule has 1 heterocycles. The first-order valence-corrected chi connectivity index (χ1v) is 7.71. The van der Waals surface area contributed by atoms with E-state index in [-0.39, 0.29) is 13.0 Å². The molecule has 1 atom stereocenters. The third kappa shape index (κ3) is 4.14. The number of carbonyl (C=O) groups is 2. The summed E-state index contributed by atoms with van der Waals surface area (Å²) in [4.78, 5) is 23.9. The molecule has 0 aromatic heterocycles. The average molecular weight is 365 g/mol. The van der Waals surface area contributed by atoms with E-state index in [9.17, 15) is 22.8 Å². The fourth-order valence-corrected chi connectivity index (χ4v) is 2.39. The largest absolute Gasteiger partial charge is 0.478 e. The van der Waals surface area contributed by atoms with Crippen molar-refractivity contribution >= 4 is 17.6 Å². The van der Waals surface area contributed by atoms with E-state index >= 15 is 0 Å². The number of rotatable bonds is 4. The van der Waals surface area contributed by atoms with Gasteiger partial charge in [-0.05, 0) is 29.8 Å². The number of nitrogens with one attached hydrogen (secondary N) is 1. The van der Waals surface area contributed by atoms with Gasteiger partial charge in [-0.2, -0.15) is 13.2 Å². The van der Waals surface area contributed by atoms with Crippen LogP contribution in [-0.4, -0.2) is 18.0 Å². The number of alkyl halides is 3. The Hall–Kier alpha value is -3.03. The van der Waals surface area contributed by atoms with Gasteiger partial charge in [-0.1, -0.05) is 24.3 Å². The highest BCUT2D eigenvalue weighted by atomic mass is 19.4.